The molecule has 1 fully saturated rings. The first-order chi connectivity index (χ1) is 11.1. The number of hydrogen-bond acceptors (Lipinski definition) is 3. The number of hydrogen-bond donors (Lipinski definition) is 1. The number of anilines is 2. The summed E-state index contributed by atoms with van der Waals surface area (Å²) in [5.74, 6) is -1.40. The van der Waals surface area contributed by atoms with Crippen molar-refractivity contribution in [1.29, 1.82) is 0 Å². The van der Waals surface area contributed by atoms with Gasteiger partial charge < -0.3 is 10.2 Å². The second kappa shape index (κ2) is 6.73. The number of aromatic nitrogens is 1. The van der Waals surface area contributed by atoms with Crippen LogP contribution in [0.25, 0.3) is 0 Å². The number of benzene rings is 1. The van der Waals surface area contributed by atoms with E-state index in [0.29, 0.717) is 11.3 Å². The summed E-state index contributed by atoms with van der Waals surface area (Å²) in [7, 11) is 0. The fourth-order valence-corrected chi connectivity index (χ4v) is 2.65. The molecule has 4 nitrogen and oxygen atoms in total. The fraction of sp³-hybridized carbons (Fsp3) is 0.294. The molecular formula is C17H17F2N3O. The third-order valence-electron chi connectivity index (χ3n) is 3.84. The zero-order valence-corrected chi connectivity index (χ0v) is 12.6. The van der Waals surface area contributed by atoms with Gasteiger partial charge >= 0.3 is 0 Å². The van der Waals surface area contributed by atoms with E-state index >= 15 is 0 Å². The first-order valence-electron chi connectivity index (χ1n) is 7.60. The molecule has 0 atom stereocenters. The van der Waals surface area contributed by atoms with Crippen molar-refractivity contribution in [2.24, 2.45) is 0 Å². The van der Waals surface area contributed by atoms with Crippen LogP contribution in [-0.2, 0) is 0 Å². The molecule has 0 unspecified atom stereocenters. The lowest BCUT2D eigenvalue weighted by Crippen LogP contribution is -2.35. The lowest BCUT2D eigenvalue weighted by molar-refractivity contribution is 0.0724. The van der Waals surface area contributed by atoms with Crippen LogP contribution in [0.2, 0.25) is 0 Å². The molecule has 0 radical (unpaired) electrons. The third-order valence-corrected chi connectivity index (χ3v) is 3.84. The van der Waals surface area contributed by atoms with Gasteiger partial charge in [0.25, 0.3) is 5.91 Å². The maximum atomic E-state index is 13.7. The molecule has 6 heteroatoms. The molecule has 1 aliphatic rings. The fourth-order valence-electron chi connectivity index (χ4n) is 2.65. The molecule has 1 aromatic carbocycles. The average molecular weight is 317 g/mol. The van der Waals surface area contributed by atoms with Crippen molar-refractivity contribution in [3.8, 4) is 0 Å². The van der Waals surface area contributed by atoms with E-state index in [1.54, 1.807) is 6.07 Å². The molecule has 120 valence electrons. The zero-order valence-electron chi connectivity index (χ0n) is 12.6. The summed E-state index contributed by atoms with van der Waals surface area (Å²) in [4.78, 5) is 18.3. The van der Waals surface area contributed by atoms with Crippen LogP contribution in [0.3, 0.4) is 0 Å². The molecule has 1 aliphatic heterocycles. The molecular weight excluding hydrogens is 300 g/mol. The van der Waals surface area contributed by atoms with Gasteiger partial charge in [0, 0.05) is 25.4 Å². The monoisotopic (exact) mass is 317 g/mol. The number of likely N-dealkylation sites (tertiary alicyclic amines) is 1. The summed E-state index contributed by atoms with van der Waals surface area (Å²) < 4.78 is 26.6. The topological polar surface area (TPSA) is 45.2 Å². The Morgan fingerprint density at radius 2 is 1.87 bits per heavy atom. The first-order valence-corrected chi connectivity index (χ1v) is 7.60. The maximum absolute atomic E-state index is 13.7. The van der Waals surface area contributed by atoms with Crippen molar-refractivity contribution >= 4 is 17.3 Å². The maximum Gasteiger partial charge on any atom is 0.255 e. The summed E-state index contributed by atoms with van der Waals surface area (Å²) in [5.41, 5.74) is 1.08. The van der Waals surface area contributed by atoms with E-state index in [4.69, 9.17) is 0 Å². The second-order valence-corrected chi connectivity index (χ2v) is 5.56. The Morgan fingerprint density at radius 3 is 2.61 bits per heavy atom. The molecule has 1 aromatic heterocycles. The van der Waals surface area contributed by atoms with Gasteiger partial charge in [0.05, 0.1) is 23.1 Å². The Bertz CT molecular complexity index is 715. The summed E-state index contributed by atoms with van der Waals surface area (Å²) in [6.07, 6.45) is 6.17. The van der Waals surface area contributed by atoms with E-state index in [1.165, 1.54) is 24.5 Å². The SMILES string of the molecule is O=C(c1cncc(Nc2ccc(F)cc2F)c1)N1CCCCC1. The van der Waals surface area contributed by atoms with Gasteiger partial charge in [-0.1, -0.05) is 0 Å². The van der Waals surface area contributed by atoms with E-state index in [-0.39, 0.29) is 11.6 Å². The van der Waals surface area contributed by atoms with Crippen molar-refractivity contribution in [2.75, 3.05) is 18.4 Å². The van der Waals surface area contributed by atoms with Crippen molar-refractivity contribution in [2.45, 2.75) is 19.3 Å². The first kappa shape index (κ1) is 15.4. The van der Waals surface area contributed by atoms with Gasteiger partial charge in [-0.25, -0.2) is 8.78 Å². The number of pyridine rings is 1. The van der Waals surface area contributed by atoms with Gasteiger partial charge in [-0.15, -0.1) is 0 Å². The molecule has 1 amide bonds. The quantitative estimate of drug-likeness (QED) is 0.938. The minimum Gasteiger partial charge on any atom is -0.352 e. The highest BCUT2D eigenvalue weighted by atomic mass is 19.1. The largest absolute Gasteiger partial charge is 0.352 e. The van der Waals surface area contributed by atoms with Crippen LogP contribution in [0.5, 0.6) is 0 Å². The molecule has 1 N–H and O–H groups in total. The highest BCUT2D eigenvalue weighted by molar-refractivity contribution is 5.95. The van der Waals surface area contributed by atoms with Crippen LogP contribution in [0.15, 0.2) is 36.7 Å². The summed E-state index contributed by atoms with van der Waals surface area (Å²) in [6, 6.07) is 4.91. The Morgan fingerprint density at radius 1 is 1.09 bits per heavy atom. The van der Waals surface area contributed by atoms with E-state index in [1.807, 2.05) is 4.90 Å². The van der Waals surface area contributed by atoms with Crippen LogP contribution in [0.4, 0.5) is 20.2 Å². The standard InChI is InChI=1S/C17H17F2N3O/c18-13-4-5-16(15(19)9-13)21-14-8-12(10-20-11-14)17(23)22-6-2-1-3-7-22/h4-5,8-11,21H,1-3,6-7H2. The number of nitrogens with zero attached hydrogens (tertiary/aromatic N) is 2. The summed E-state index contributed by atoms with van der Waals surface area (Å²) in [5, 5.41) is 2.82. The van der Waals surface area contributed by atoms with Crippen molar-refractivity contribution < 1.29 is 13.6 Å². The smallest absolute Gasteiger partial charge is 0.255 e. The molecule has 3 rings (SSSR count). The number of carbonyl (C=O) groups is 1. The number of nitrogens with one attached hydrogen (secondary N) is 1. The van der Waals surface area contributed by atoms with Gasteiger partial charge in [0.15, 0.2) is 0 Å². The summed E-state index contributed by atoms with van der Waals surface area (Å²) in [6.45, 7) is 1.51. The van der Waals surface area contributed by atoms with Crippen molar-refractivity contribution in [3.63, 3.8) is 0 Å². The number of amides is 1. The molecule has 0 saturated carbocycles. The van der Waals surface area contributed by atoms with Gasteiger partial charge in [-0.3, -0.25) is 9.78 Å². The predicted octanol–water partition coefficient (Wildman–Crippen LogP) is 3.73. The normalized spacial score (nSPS) is 14.6. The third kappa shape index (κ3) is 3.64. The Balaban J connectivity index is 1.78. The van der Waals surface area contributed by atoms with E-state index in [0.717, 1.165) is 38.4 Å². The Labute approximate surface area is 133 Å². The van der Waals surface area contributed by atoms with Crippen LogP contribution < -0.4 is 5.32 Å². The second-order valence-electron chi connectivity index (χ2n) is 5.56. The van der Waals surface area contributed by atoms with Crippen LogP contribution >= 0.6 is 0 Å². The van der Waals surface area contributed by atoms with E-state index in [9.17, 15) is 13.6 Å². The number of carbonyl (C=O) groups excluding carboxylic acids is 1. The van der Waals surface area contributed by atoms with E-state index in [2.05, 4.69) is 10.3 Å². The molecule has 23 heavy (non-hydrogen) atoms. The molecule has 0 spiro atoms. The van der Waals surface area contributed by atoms with Gasteiger partial charge in [-0.2, -0.15) is 0 Å². The van der Waals surface area contributed by atoms with Crippen molar-refractivity contribution in [1.82, 2.24) is 9.88 Å². The minimum absolute atomic E-state index is 0.0690. The number of piperidine rings is 1. The molecule has 2 heterocycles. The van der Waals surface area contributed by atoms with Crippen LogP contribution in [0, 0.1) is 11.6 Å². The van der Waals surface area contributed by atoms with Gasteiger partial charge in [0.2, 0.25) is 0 Å². The van der Waals surface area contributed by atoms with E-state index < -0.39 is 11.6 Å². The molecule has 0 bridgehead atoms. The van der Waals surface area contributed by atoms with Crippen LogP contribution in [0.1, 0.15) is 29.6 Å². The van der Waals surface area contributed by atoms with Crippen LogP contribution in [-0.4, -0.2) is 28.9 Å². The highest BCUT2D eigenvalue weighted by Gasteiger charge is 2.18. The minimum atomic E-state index is -0.697. The average Bonchev–Trinajstić information content (AvgIpc) is 2.58. The highest BCUT2D eigenvalue weighted by Crippen LogP contribution is 2.21. The van der Waals surface area contributed by atoms with Gasteiger partial charge in [0.1, 0.15) is 11.6 Å². The summed E-state index contributed by atoms with van der Waals surface area (Å²) >= 11 is 0. The molecule has 1 saturated heterocycles. The lowest BCUT2D eigenvalue weighted by atomic mass is 10.1. The van der Waals surface area contributed by atoms with Gasteiger partial charge in [-0.05, 0) is 37.5 Å². The zero-order chi connectivity index (χ0) is 16.2. The molecule has 2 aromatic rings. The predicted molar refractivity (Wildman–Crippen MR) is 83.6 cm³/mol. The number of rotatable bonds is 3. The Hall–Kier alpha value is -2.50. The molecule has 0 aliphatic carbocycles. The number of halogens is 2. The lowest BCUT2D eigenvalue weighted by Gasteiger charge is -2.26. The Kier molecular flexibility index (Phi) is 4.50. The van der Waals surface area contributed by atoms with Crippen molar-refractivity contribution in [3.05, 3.63) is 53.9 Å².